The molecule has 1 aliphatic carbocycles. The van der Waals surface area contributed by atoms with E-state index in [9.17, 15) is 0 Å². The Kier molecular flexibility index (Phi) is 7.92. The van der Waals surface area contributed by atoms with Gasteiger partial charge in [-0.2, -0.15) is 0 Å². The molecule has 0 bridgehead atoms. The van der Waals surface area contributed by atoms with Crippen molar-refractivity contribution in [2.24, 2.45) is 17.6 Å². The van der Waals surface area contributed by atoms with Crippen molar-refractivity contribution >= 4 is 0 Å². The molecule has 0 amide bonds. The molecule has 0 saturated heterocycles. The van der Waals surface area contributed by atoms with Gasteiger partial charge in [0.15, 0.2) is 0 Å². The molecule has 1 fully saturated rings. The first-order valence-electron chi connectivity index (χ1n) is 8.06. The van der Waals surface area contributed by atoms with Gasteiger partial charge in [-0.15, -0.1) is 0 Å². The Morgan fingerprint density at radius 2 is 1.83 bits per heavy atom. The quantitative estimate of drug-likeness (QED) is 0.708. The number of hydrogen-bond donors (Lipinski definition) is 1. The van der Waals surface area contributed by atoms with Crippen molar-refractivity contribution in [3.8, 4) is 0 Å². The predicted octanol–water partition coefficient (Wildman–Crippen LogP) is 4.13. The molecule has 0 radical (unpaired) electrons. The lowest BCUT2D eigenvalue weighted by atomic mass is 9.80. The van der Waals surface area contributed by atoms with Crippen LogP contribution in [0.5, 0.6) is 0 Å². The third-order valence-electron chi connectivity index (χ3n) is 4.35. The van der Waals surface area contributed by atoms with E-state index in [-0.39, 0.29) is 6.04 Å². The fourth-order valence-corrected chi connectivity index (χ4v) is 3.47. The number of ether oxygens (including phenoxy) is 1. The maximum atomic E-state index is 6.44. The molecule has 0 aromatic heterocycles. The molecule has 108 valence electrons. The van der Waals surface area contributed by atoms with Crippen molar-refractivity contribution in [3.63, 3.8) is 0 Å². The zero-order chi connectivity index (χ0) is 13.4. The van der Waals surface area contributed by atoms with E-state index in [2.05, 4.69) is 20.8 Å². The first-order chi connectivity index (χ1) is 8.69. The highest BCUT2D eigenvalue weighted by Gasteiger charge is 2.29. The van der Waals surface area contributed by atoms with Gasteiger partial charge in [0, 0.05) is 12.6 Å². The zero-order valence-corrected chi connectivity index (χ0v) is 12.7. The summed E-state index contributed by atoms with van der Waals surface area (Å²) in [4.78, 5) is 0. The molecule has 0 aromatic carbocycles. The topological polar surface area (TPSA) is 35.2 Å². The lowest BCUT2D eigenvalue weighted by Gasteiger charge is -2.35. The molecule has 2 nitrogen and oxygen atoms in total. The van der Waals surface area contributed by atoms with Crippen LogP contribution in [0.2, 0.25) is 0 Å². The zero-order valence-electron chi connectivity index (χ0n) is 12.7. The Morgan fingerprint density at radius 3 is 2.39 bits per heavy atom. The Balaban J connectivity index is 2.47. The first kappa shape index (κ1) is 16.0. The molecule has 0 spiro atoms. The normalized spacial score (nSPS) is 22.7. The van der Waals surface area contributed by atoms with Gasteiger partial charge in [0.1, 0.15) is 0 Å². The van der Waals surface area contributed by atoms with Crippen LogP contribution in [0, 0.1) is 11.8 Å². The maximum absolute atomic E-state index is 6.44. The van der Waals surface area contributed by atoms with E-state index in [4.69, 9.17) is 10.5 Å². The minimum Gasteiger partial charge on any atom is -0.377 e. The fourth-order valence-electron chi connectivity index (χ4n) is 3.47. The summed E-state index contributed by atoms with van der Waals surface area (Å²) in [5, 5.41) is 0. The minimum absolute atomic E-state index is 0.231. The molecule has 1 aliphatic rings. The van der Waals surface area contributed by atoms with E-state index in [1.165, 1.54) is 44.9 Å². The molecule has 3 atom stereocenters. The standard InChI is InChI=1S/C16H33NO/c1-4-9-13(3)12-15(17)16(18-5-2)14-10-7-6-8-11-14/h13-16H,4-12,17H2,1-3H3. The SMILES string of the molecule is CCCC(C)CC(N)C(OCC)C1CCCCC1. The largest absolute Gasteiger partial charge is 0.377 e. The molecule has 1 saturated carbocycles. The third-order valence-corrected chi connectivity index (χ3v) is 4.35. The molecule has 0 heterocycles. The van der Waals surface area contributed by atoms with Gasteiger partial charge < -0.3 is 10.5 Å². The number of hydrogen-bond acceptors (Lipinski definition) is 2. The molecule has 0 aromatic rings. The monoisotopic (exact) mass is 255 g/mol. The maximum Gasteiger partial charge on any atom is 0.0753 e. The van der Waals surface area contributed by atoms with Gasteiger partial charge in [0.05, 0.1) is 6.10 Å². The molecule has 3 unspecified atom stereocenters. The highest BCUT2D eigenvalue weighted by Crippen LogP contribution is 2.30. The summed E-state index contributed by atoms with van der Waals surface area (Å²) in [6, 6.07) is 0.231. The van der Waals surface area contributed by atoms with Crippen LogP contribution in [-0.4, -0.2) is 18.8 Å². The summed E-state index contributed by atoms with van der Waals surface area (Å²) in [6.45, 7) is 7.48. The molecule has 1 rings (SSSR count). The summed E-state index contributed by atoms with van der Waals surface area (Å²) >= 11 is 0. The van der Waals surface area contributed by atoms with Gasteiger partial charge in [-0.05, 0) is 38.0 Å². The van der Waals surface area contributed by atoms with Crippen LogP contribution in [0.3, 0.4) is 0 Å². The highest BCUT2D eigenvalue weighted by molar-refractivity contribution is 4.84. The van der Waals surface area contributed by atoms with Crippen molar-refractivity contribution in [2.45, 2.75) is 84.3 Å². The predicted molar refractivity (Wildman–Crippen MR) is 78.7 cm³/mol. The molecular weight excluding hydrogens is 222 g/mol. The first-order valence-corrected chi connectivity index (χ1v) is 8.06. The van der Waals surface area contributed by atoms with Gasteiger partial charge in [-0.3, -0.25) is 0 Å². The van der Waals surface area contributed by atoms with Crippen molar-refractivity contribution in [1.82, 2.24) is 0 Å². The second-order valence-corrected chi connectivity index (χ2v) is 6.11. The fraction of sp³-hybridized carbons (Fsp3) is 1.00. The second-order valence-electron chi connectivity index (χ2n) is 6.11. The van der Waals surface area contributed by atoms with E-state index in [1.54, 1.807) is 0 Å². The average Bonchev–Trinajstić information content (AvgIpc) is 2.37. The minimum atomic E-state index is 0.231. The summed E-state index contributed by atoms with van der Waals surface area (Å²) in [5.41, 5.74) is 6.44. The molecule has 2 heteroatoms. The van der Waals surface area contributed by atoms with Crippen LogP contribution in [-0.2, 0) is 4.74 Å². The van der Waals surface area contributed by atoms with E-state index in [0.29, 0.717) is 12.0 Å². The number of rotatable bonds is 8. The van der Waals surface area contributed by atoms with E-state index < -0.39 is 0 Å². The van der Waals surface area contributed by atoms with Gasteiger partial charge >= 0.3 is 0 Å². The Morgan fingerprint density at radius 1 is 1.17 bits per heavy atom. The van der Waals surface area contributed by atoms with Gasteiger partial charge in [-0.25, -0.2) is 0 Å². The van der Waals surface area contributed by atoms with Crippen LogP contribution in [0.4, 0.5) is 0 Å². The van der Waals surface area contributed by atoms with Crippen LogP contribution < -0.4 is 5.73 Å². The summed E-state index contributed by atoms with van der Waals surface area (Å²) in [6.07, 6.45) is 10.7. The lowest BCUT2D eigenvalue weighted by Crippen LogP contribution is -2.43. The van der Waals surface area contributed by atoms with Gasteiger partial charge in [0.2, 0.25) is 0 Å². The van der Waals surface area contributed by atoms with Crippen molar-refractivity contribution < 1.29 is 4.74 Å². The van der Waals surface area contributed by atoms with Crippen LogP contribution in [0.25, 0.3) is 0 Å². The van der Waals surface area contributed by atoms with E-state index in [0.717, 1.165) is 18.9 Å². The lowest BCUT2D eigenvalue weighted by molar-refractivity contribution is -0.0137. The summed E-state index contributed by atoms with van der Waals surface area (Å²) in [5.74, 6) is 1.44. The van der Waals surface area contributed by atoms with Crippen LogP contribution >= 0.6 is 0 Å². The molecule has 0 aliphatic heterocycles. The third kappa shape index (κ3) is 5.27. The van der Waals surface area contributed by atoms with Gasteiger partial charge in [-0.1, -0.05) is 46.0 Å². The summed E-state index contributed by atoms with van der Waals surface area (Å²) in [7, 11) is 0. The molecule has 18 heavy (non-hydrogen) atoms. The Labute approximate surface area is 114 Å². The van der Waals surface area contributed by atoms with Crippen molar-refractivity contribution in [1.29, 1.82) is 0 Å². The summed E-state index contributed by atoms with van der Waals surface area (Å²) < 4.78 is 6.00. The highest BCUT2D eigenvalue weighted by atomic mass is 16.5. The van der Waals surface area contributed by atoms with Crippen LogP contribution in [0.15, 0.2) is 0 Å². The average molecular weight is 255 g/mol. The van der Waals surface area contributed by atoms with E-state index >= 15 is 0 Å². The second kappa shape index (κ2) is 8.92. The molecule has 2 N–H and O–H groups in total. The van der Waals surface area contributed by atoms with Crippen molar-refractivity contribution in [3.05, 3.63) is 0 Å². The number of nitrogens with two attached hydrogens (primary N) is 1. The smallest absolute Gasteiger partial charge is 0.0753 e. The van der Waals surface area contributed by atoms with E-state index in [1.807, 2.05) is 0 Å². The molecular formula is C16H33NO. The van der Waals surface area contributed by atoms with Gasteiger partial charge in [0.25, 0.3) is 0 Å². The Bertz CT molecular complexity index is 201. The Hall–Kier alpha value is -0.0800. The van der Waals surface area contributed by atoms with Crippen LogP contribution in [0.1, 0.15) is 72.1 Å². The van der Waals surface area contributed by atoms with Crippen molar-refractivity contribution in [2.75, 3.05) is 6.61 Å².